The summed E-state index contributed by atoms with van der Waals surface area (Å²) in [5.74, 6) is 1.36. The van der Waals surface area contributed by atoms with E-state index in [1.54, 1.807) is 40.4 Å². The molecule has 0 atom stereocenters. The topological polar surface area (TPSA) is 63.5 Å². The molecule has 0 bridgehead atoms. The number of thiazole rings is 1. The van der Waals surface area contributed by atoms with Crippen molar-refractivity contribution in [3.8, 4) is 5.75 Å². The van der Waals surface area contributed by atoms with Crippen LogP contribution in [0.15, 0.2) is 30.7 Å². The molecule has 3 heterocycles. The van der Waals surface area contributed by atoms with Gasteiger partial charge in [-0.15, -0.1) is 0 Å². The van der Waals surface area contributed by atoms with Gasteiger partial charge >= 0.3 is 0 Å². The molecule has 1 aromatic carbocycles. The van der Waals surface area contributed by atoms with Crippen LogP contribution in [0.4, 0.5) is 5.13 Å². The minimum atomic E-state index is -0.0110. The highest BCUT2D eigenvalue weighted by Crippen LogP contribution is 2.33. The minimum absolute atomic E-state index is 0.0110. The first-order valence-electron chi connectivity index (χ1n) is 9.46. The molecule has 8 heteroatoms. The molecule has 3 aromatic rings. The van der Waals surface area contributed by atoms with Crippen LogP contribution >= 0.6 is 11.3 Å². The van der Waals surface area contributed by atoms with Gasteiger partial charge in [-0.1, -0.05) is 11.3 Å². The summed E-state index contributed by atoms with van der Waals surface area (Å²) in [6.45, 7) is 2.70. The van der Waals surface area contributed by atoms with Gasteiger partial charge in [0.25, 0.3) is 5.91 Å². The van der Waals surface area contributed by atoms with Gasteiger partial charge in [-0.05, 0) is 37.0 Å². The Morgan fingerprint density at radius 1 is 1.36 bits per heavy atom. The quantitative estimate of drug-likeness (QED) is 0.660. The lowest BCUT2D eigenvalue weighted by molar-refractivity contribution is 0.0759. The molecule has 0 N–H and O–H groups in total. The number of anilines is 1. The largest absolute Gasteiger partial charge is 0.497 e. The van der Waals surface area contributed by atoms with Crippen LogP contribution in [0.3, 0.4) is 0 Å². The maximum Gasteiger partial charge on any atom is 0.273 e. The highest BCUT2D eigenvalue weighted by molar-refractivity contribution is 7.22. The monoisotopic (exact) mass is 399 g/mol. The zero-order valence-electron chi connectivity index (χ0n) is 16.5. The lowest BCUT2D eigenvalue weighted by atomic mass is 9.96. The number of rotatable bonds is 5. The van der Waals surface area contributed by atoms with Gasteiger partial charge in [0.15, 0.2) is 5.13 Å². The molecule has 1 saturated heterocycles. The van der Waals surface area contributed by atoms with Crippen molar-refractivity contribution in [3.05, 3.63) is 36.4 Å². The number of methoxy groups -OCH3 is 1. The fourth-order valence-electron chi connectivity index (χ4n) is 3.65. The summed E-state index contributed by atoms with van der Waals surface area (Å²) in [6, 6.07) is 6.01. The predicted molar refractivity (Wildman–Crippen MR) is 111 cm³/mol. The fraction of sp³-hybridized carbons (Fsp3) is 0.450. The molecule has 1 amide bonds. The Morgan fingerprint density at radius 2 is 2.14 bits per heavy atom. The molecule has 1 aliphatic heterocycles. The van der Waals surface area contributed by atoms with Crippen LogP contribution in [-0.2, 0) is 7.05 Å². The standard InChI is InChI=1S/C20H25N5O2S/c1-23-12-17(21-13-23)19(26)24(2)11-14-6-8-25(9-7-14)20-22-16-5-4-15(27-3)10-18(16)28-20/h4-5,10,12-14H,6-9,11H2,1-3H3. The number of piperidine rings is 1. The van der Waals surface area contributed by atoms with Gasteiger partial charge in [0.05, 0.1) is 23.7 Å². The average Bonchev–Trinajstić information content (AvgIpc) is 3.33. The number of amides is 1. The second-order valence-electron chi connectivity index (χ2n) is 7.37. The third-order valence-electron chi connectivity index (χ3n) is 5.27. The number of ether oxygens (including phenoxy) is 1. The molecule has 0 aliphatic carbocycles. The number of carbonyl (C=O) groups excluding carboxylic acids is 1. The number of nitrogens with zero attached hydrogens (tertiary/aromatic N) is 5. The van der Waals surface area contributed by atoms with E-state index in [1.807, 2.05) is 32.3 Å². The van der Waals surface area contributed by atoms with Crippen LogP contribution < -0.4 is 9.64 Å². The first-order valence-corrected chi connectivity index (χ1v) is 10.3. The van der Waals surface area contributed by atoms with E-state index in [0.717, 1.165) is 53.6 Å². The lowest BCUT2D eigenvalue weighted by Crippen LogP contribution is -2.39. The SMILES string of the molecule is COc1ccc2nc(N3CCC(CN(C)C(=O)c4cn(C)cn4)CC3)sc2c1. The van der Waals surface area contributed by atoms with Crippen molar-refractivity contribution in [2.45, 2.75) is 12.8 Å². The first-order chi connectivity index (χ1) is 13.5. The number of hydrogen-bond acceptors (Lipinski definition) is 6. The van der Waals surface area contributed by atoms with Crippen molar-refractivity contribution in [2.24, 2.45) is 13.0 Å². The Morgan fingerprint density at radius 3 is 2.82 bits per heavy atom. The van der Waals surface area contributed by atoms with Gasteiger partial charge in [0.2, 0.25) is 0 Å². The summed E-state index contributed by atoms with van der Waals surface area (Å²) < 4.78 is 8.26. The lowest BCUT2D eigenvalue weighted by Gasteiger charge is -2.33. The molecule has 2 aromatic heterocycles. The number of fused-ring (bicyclic) bond motifs is 1. The second kappa shape index (κ2) is 7.79. The number of imidazole rings is 1. The summed E-state index contributed by atoms with van der Waals surface area (Å²) in [4.78, 5) is 25.6. The maximum absolute atomic E-state index is 12.5. The van der Waals surface area contributed by atoms with Crippen molar-refractivity contribution in [1.82, 2.24) is 19.4 Å². The number of hydrogen-bond donors (Lipinski definition) is 0. The van der Waals surface area contributed by atoms with Crippen LogP contribution in [0.2, 0.25) is 0 Å². The minimum Gasteiger partial charge on any atom is -0.497 e. The summed E-state index contributed by atoms with van der Waals surface area (Å²) in [6.07, 6.45) is 5.54. The predicted octanol–water partition coefficient (Wildman–Crippen LogP) is 3.03. The Kier molecular flexibility index (Phi) is 5.21. The normalized spacial score (nSPS) is 15.2. The molecule has 148 valence electrons. The van der Waals surface area contributed by atoms with E-state index < -0.39 is 0 Å². The Balaban J connectivity index is 1.35. The van der Waals surface area contributed by atoms with Gasteiger partial charge in [0, 0.05) is 39.9 Å². The summed E-state index contributed by atoms with van der Waals surface area (Å²) in [7, 11) is 5.42. The first kappa shape index (κ1) is 18.7. The molecule has 7 nitrogen and oxygen atoms in total. The van der Waals surface area contributed by atoms with Crippen molar-refractivity contribution in [1.29, 1.82) is 0 Å². The fourth-order valence-corrected chi connectivity index (χ4v) is 4.70. The Hall–Kier alpha value is -2.61. The third kappa shape index (κ3) is 3.82. The van der Waals surface area contributed by atoms with E-state index in [-0.39, 0.29) is 5.91 Å². The maximum atomic E-state index is 12.5. The van der Waals surface area contributed by atoms with Gasteiger partial charge in [-0.2, -0.15) is 0 Å². The van der Waals surface area contributed by atoms with E-state index in [9.17, 15) is 4.79 Å². The smallest absolute Gasteiger partial charge is 0.273 e. The van der Waals surface area contributed by atoms with Gasteiger partial charge in [-0.3, -0.25) is 4.79 Å². The molecule has 1 fully saturated rings. The van der Waals surface area contributed by atoms with Crippen LogP contribution in [0.1, 0.15) is 23.3 Å². The van der Waals surface area contributed by atoms with Crippen molar-refractivity contribution in [2.75, 3.05) is 38.7 Å². The van der Waals surface area contributed by atoms with Crippen LogP contribution in [0.25, 0.3) is 10.2 Å². The molecule has 1 aliphatic rings. The summed E-state index contributed by atoms with van der Waals surface area (Å²) >= 11 is 1.71. The van der Waals surface area contributed by atoms with E-state index >= 15 is 0 Å². The Bertz CT molecular complexity index is 974. The van der Waals surface area contributed by atoms with E-state index in [1.165, 1.54) is 0 Å². The molecular formula is C20H25N5O2S. The molecule has 4 rings (SSSR count). The number of benzene rings is 1. The molecular weight excluding hydrogens is 374 g/mol. The third-order valence-corrected chi connectivity index (χ3v) is 6.35. The van der Waals surface area contributed by atoms with E-state index in [2.05, 4.69) is 9.88 Å². The van der Waals surface area contributed by atoms with Crippen molar-refractivity contribution < 1.29 is 9.53 Å². The summed E-state index contributed by atoms with van der Waals surface area (Å²) in [5, 5.41) is 1.07. The molecule has 0 spiro atoms. The van der Waals surface area contributed by atoms with Crippen LogP contribution in [-0.4, -0.2) is 59.1 Å². The van der Waals surface area contributed by atoms with E-state index in [0.29, 0.717) is 11.6 Å². The number of carbonyl (C=O) groups is 1. The van der Waals surface area contributed by atoms with Gasteiger partial charge < -0.3 is 19.1 Å². The van der Waals surface area contributed by atoms with Gasteiger partial charge in [-0.25, -0.2) is 9.97 Å². The highest BCUT2D eigenvalue weighted by atomic mass is 32.1. The second-order valence-corrected chi connectivity index (χ2v) is 8.38. The van der Waals surface area contributed by atoms with Crippen molar-refractivity contribution in [3.63, 3.8) is 0 Å². The average molecular weight is 400 g/mol. The zero-order valence-corrected chi connectivity index (χ0v) is 17.3. The zero-order chi connectivity index (χ0) is 19.7. The molecule has 0 unspecified atom stereocenters. The van der Waals surface area contributed by atoms with Crippen molar-refractivity contribution >= 4 is 32.6 Å². The van der Waals surface area contributed by atoms with Gasteiger partial charge in [0.1, 0.15) is 11.4 Å². The Labute approximate surface area is 168 Å². The number of aryl methyl sites for hydroxylation is 1. The molecule has 0 saturated carbocycles. The van der Waals surface area contributed by atoms with Crippen LogP contribution in [0, 0.1) is 5.92 Å². The molecule has 0 radical (unpaired) electrons. The number of aromatic nitrogens is 3. The molecule has 28 heavy (non-hydrogen) atoms. The van der Waals surface area contributed by atoms with E-state index in [4.69, 9.17) is 9.72 Å². The summed E-state index contributed by atoms with van der Waals surface area (Å²) in [5.41, 5.74) is 1.52. The van der Waals surface area contributed by atoms with Crippen LogP contribution in [0.5, 0.6) is 5.75 Å². The highest BCUT2D eigenvalue weighted by Gasteiger charge is 2.25.